The Morgan fingerprint density at radius 2 is 1.53 bits per heavy atom. The molecule has 0 N–H and O–H groups in total. The minimum absolute atomic E-state index is 0. The van der Waals surface area contributed by atoms with E-state index in [0.29, 0.717) is 11.5 Å². The van der Waals surface area contributed by atoms with E-state index in [-0.39, 0.29) is 26.5 Å². The molecule has 5 heterocycles. The third-order valence-corrected chi connectivity index (χ3v) is 9.40. The minimum atomic E-state index is -0.00621. The van der Waals surface area contributed by atoms with Gasteiger partial charge < -0.3 is 23.7 Å². The van der Waals surface area contributed by atoms with Crippen LogP contribution in [0.25, 0.3) is 49.6 Å². The van der Waals surface area contributed by atoms with Crippen LogP contribution >= 0.6 is 0 Å². The second kappa shape index (κ2) is 11.5. The smallest absolute Gasteiger partial charge is 0.140 e. The monoisotopic (exact) mass is 820 g/mol. The summed E-state index contributed by atoms with van der Waals surface area (Å²) in [4.78, 5) is 13.8. The van der Waals surface area contributed by atoms with Crippen molar-refractivity contribution in [3.8, 4) is 17.3 Å². The third kappa shape index (κ3) is 4.90. The first-order chi connectivity index (χ1) is 23.3. The third-order valence-electron chi connectivity index (χ3n) is 9.40. The molecule has 0 fully saturated rings. The summed E-state index contributed by atoms with van der Waals surface area (Å²) in [5.41, 5.74) is 8.37. The molecule has 246 valence electrons. The van der Waals surface area contributed by atoms with Crippen LogP contribution < -0.4 is 14.5 Å². The van der Waals surface area contributed by atoms with Crippen LogP contribution in [0, 0.1) is 18.8 Å². The van der Waals surface area contributed by atoms with Crippen molar-refractivity contribution in [3.63, 3.8) is 0 Å². The Hall–Kier alpha value is -5.13. The molecule has 9 rings (SSSR count). The maximum Gasteiger partial charge on any atom is 0.140 e. The molecule has 4 aromatic carbocycles. The van der Waals surface area contributed by atoms with E-state index in [0.717, 1.165) is 61.2 Å². The maximum atomic E-state index is 6.51. The SMILES string of the molecule is CN1[CH-]N(c2[c-]c(Oc3[c-]c4c(cc3)c3ccccc3n4-c3cc(C(C)(C)C)ccn3)ccc2)c2c1ccc1c3cccnc3n(C)c21.[Pt]. The van der Waals surface area contributed by atoms with Crippen molar-refractivity contribution < 1.29 is 25.8 Å². The van der Waals surface area contributed by atoms with Crippen LogP contribution in [-0.4, -0.2) is 26.1 Å². The van der Waals surface area contributed by atoms with Gasteiger partial charge in [0.25, 0.3) is 0 Å². The van der Waals surface area contributed by atoms with E-state index < -0.39 is 0 Å². The summed E-state index contributed by atoms with van der Waals surface area (Å²) >= 11 is 0. The molecule has 0 radical (unpaired) electrons. The molecule has 7 nitrogen and oxygen atoms in total. The summed E-state index contributed by atoms with van der Waals surface area (Å²) in [6.45, 7) is 8.76. The van der Waals surface area contributed by atoms with Gasteiger partial charge in [-0.2, -0.15) is 18.8 Å². The Bertz CT molecular complexity index is 2560. The fourth-order valence-electron chi connectivity index (χ4n) is 7.04. The molecule has 1 aliphatic rings. The molecular formula is C41H33N6OPt-3. The zero-order valence-corrected chi connectivity index (χ0v) is 30.1. The van der Waals surface area contributed by atoms with E-state index in [1.165, 1.54) is 10.9 Å². The molecule has 1 aliphatic heterocycles. The molecule has 4 aromatic heterocycles. The van der Waals surface area contributed by atoms with E-state index in [9.17, 15) is 0 Å². The largest absolute Gasteiger partial charge is 0.509 e. The van der Waals surface area contributed by atoms with Crippen molar-refractivity contribution in [1.82, 2.24) is 19.1 Å². The first-order valence-corrected chi connectivity index (χ1v) is 16.1. The number of fused-ring (bicyclic) bond motifs is 8. The molecule has 0 aliphatic carbocycles. The number of ether oxygens (including phenoxy) is 1. The summed E-state index contributed by atoms with van der Waals surface area (Å²) < 4.78 is 10.9. The van der Waals surface area contributed by atoms with Crippen LogP contribution in [0.5, 0.6) is 11.5 Å². The molecule has 0 saturated carbocycles. The number of nitrogens with zero attached hydrogens (tertiary/aromatic N) is 6. The average molecular weight is 821 g/mol. The normalized spacial score (nSPS) is 13.1. The van der Waals surface area contributed by atoms with E-state index in [4.69, 9.17) is 9.72 Å². The van der Waals surface area contributed by atoms with Crippen LogP contribution in [0.15, 0.2) is 103 Å². The van der Waals surface area contributed by atoms with E-state index in [2.05, 4.69) is 144 Å². The quantitative estimate of drug-likeness (QED) is 0.166. The number of benzene rings is 4. The van der Waals surface area contributed by atoms with Gasteiger partial charge in [-0.25, -0.2) is 9.97 Å². The van der Waals surface area contributed by atoms with Gasteiger partial charge in [0.15, 0.2) is 0 Å². The van der Waals surface area contributed by atoms with Crippen molar-refractivity contribution >= 4 is 60.8 Å². The maximum absolute atomic E-state index is 6.51. The second-order valence-corrected chi connectivity index (χ2v) is 13.5. The van der Waals surface area contributed by atoms with Crippen LogP contribution in [-0.2, 0) is 33.5 Å². The van der Waals surface area contributed by atoms with Crippen LogP contribution in [0.2, 0.25) is 0 Å². The fraction of sp³-hybridized carbons (Fsp3) is 0.146. The van der Waals surface area contributed by atoms with E-state index in [1.54, 1.807) is 0 Å². The summed E-state index contributed by atoms with van der Waals surface area (Å²) in [6.07, 6.45) is 3.74. The van der Waals surface area contributed by atoms with Crippen LogP contribution in [0.1, 0.15) is 26.3 Å². The molecule has 8 heteroatoms. The number of rotatable bonds is 4. The summed E-state index contributed by atoms with van der Waals surface area (Å²) in [5, 5.41) is 4.55. The number of pyridine rings is 2. The number of para-hydroxylation sites is 1. The Kier molecular flexibility index (Phi) is 7.31. The van der Waals surface area contributed by atoms with Gasteiger partial charge in [0.1, 0.15) is 11.5 Å². The Morgan fingerprint density at radius 3 is 2.39 bits per heavy atom. The zero-order valence-electron chi connectivity index (χ0n) is 27.8. The van der Waals surface area contributed by atoms with Crippen LogP contribution in [0.4, 0.5) is 17.1 Å². The Morgan fingerprint density at radius 1 is 0.735 bits per heavy atom. The van der Waals surface area contributed by atoms with Crippen molar-refractivity contribution in [2.24, 2.45) is 7.05 Å². The van der Waals surface area contributed by atoms with Crippen molar-refractivity contribution in [2.75, 3.05) is 16.8 Å². The molecule has 8 aromatic rings. The first kappa shape index (κ1) is 31.2. The van der Waals surface area contributed by atoms with Crippen molar-refractivity contribution in [2.45, 2.75) is 26.2 Å². The molecule has 0 bridgehead atoms. The van der Waals surface area contributed by atoms with Gasteiger partial charge in [0.05, 0.1) is 11.2 Å². The summed E-state index contributed by atoms with van der Waals surface area (Å²) in [7, 11) is 4.15. The zero-order chi connectivity index (χ0) is 32.7. The predicted octanol–water partition coefficient (Wildman–Crippen LogP) is 9.61. The summed E-state index contributed by atoms with van der Waals surface area (Å²) in [6, 6.07) is 38.4. The summed E-state index contributed by atoms with van der Waals surface area (Å²) in [5.74, 6) is 2.07. The molecule has 0 unspecified atom stereocenters. The molecule has 49 heavy (non-hydrogen) atoms. The van der Waals surface area contributed by atoms with Gasteiger partial charge >= 0.3 is 0 Å². The Balaban J connectivity index is 0.00000348. The first-order valence-electron chi connectivity index (χ1n) is 16.1. The molecule has 0 atom stereocenters. The van der Waals surface area contributed by atoms with Gasteiger partial charge in [0, 0.05) is 74.0 Å². The number of hydrogen-bond donors (Lipinski definition) is 0. The van der Waals surface area contributed by atoms with E-state index >= 15 is 0 Å². The number of hydrogen-bond acceptors (Lipinski definition) is 5. The molecule has 0 amide bonds. The van der Waals surface area contributed by atoms with Gasteiger partial charge in [-0.05, 0) is 59.8 Å². The second-order valence-electron chi connectivity index (χ2n) is 13.5. The van der Waals surface area contributed by atoms with Gasteiger partial charge in [0.2, 0.25) is 0 Å². The Labute approximate surface area is 299 Å². The van der Waals surface area contributed by atoms with Gasteiger partial charge in [-0.1, -0.05) is 50.6 Å². The van der Waals surface area contributed by atoms with Crippen molar-refractivity contribution in [1.29, 1.82) is 0 Å². The van der Waals surface area contributed by atoms with Crippen molar-refractivity contribution in [3.05, 3.63) is 128 Å². The molecular weight excluding hydrogens is 788 g/mol. The average Bonchev–Trinajstić information content (AvgIpc) is 3.71. The molecule has 0 spiro atoms. The predicted molar refractivity (Wildman–Crippen MR) is 195 cm³/mol. The number of aromatic nitrogens is 4. The molecule has 0 saturated heterocycles. The minimum Gasteiger partial charge on any atom is -0.509 e. The fourth-order valence-corrected chi connectivity index (χ4v) is 7.04. The van der Waals surface area contributed by atoms with Gasteiger partial charge in [-0.15, -0.1) is 41.4 Å². The topological polar surface area (TPSA) is 51.4 Å². The van der Waals surface area contributed by atoms with Crippen LogP contribution in [0.3, 0.4) is 0 Å². The van der Waals surface area contributed by atoms with Gasteiger partial charge in [-0.3, -0.25) is 0 Å². The number of aryl methyl sites for hydroxylation is 1. The number of anilines is 3. The van der Waals surface area contributed by atoms with E-state index in [1.807, 2.05) is 36.7 Å². The standard InChI is InChI=1S/C41H33N6O.Pt/c1-41(2,3)26-19-21-42-37(22-26)47-34-14-7-6-12-30(34)31-16-15-29(24-36(31)47)48-28-11-8-10-27(23-28)46-25-44(4)35-18-17-32-33-13-9-20-43-40(33)45(5)38(32)39(35)46;/h6-22,25H,1-5H3;/q-3;.